The molecule has 3 rings (SSSR count). The van der Waals surface area contributed by atoms with Gasteiger partial charge in [0, 0.05) is 24.5 Å². The number of hydrogen-bond acceptors (Lipinski definition) is 3. The number of fused-ring (bicyclic) bond motifs is 1. The van der Waals surface area contributed by atoms with Gasteiger partial charge in [0.05, 0.1) is 11.2 Å². The first-order valence-corrected chi connectivity index (χ1v) is 6.11. The third-order valence-electron chi connectivity index (χ3n) is 3.38. The van der Waals surface area contributed by atoms with Gasteiger partial charge in [-0.25, -0.2) is 0 Å². The van der Waals surface area contributed by atoms with E-state index in [1.54, 1.807) is 6.08 Å². The van der Waals surface area contributed by atoms with Crippen LogP contribution in [0.3, 0.4) is 0 Å². The molecule has 0 aliphatic heterocycles. The second-order valence-electron chi connectivity index (χ2n) is 4.74. The molecule has 1 aliphatic carbocycles. The smallest absolute Gasteiger partial charge is 0.156 e. The van der Waals surface area contributed by atoms with Crippen LogP contribution in [0.2, 0.25) is 0 Å². The maximum Gasteiger partial charge on any atom is 0.156 e. The van der Waals surface area contributed by atoms with Crippen LogP contribution in [0.4, 0.5) is 5.69 Å². The molecule has 0 spiro atoms. The monoisotopic (exact) mass is 241 g/mol. The van der Waals surface area contributed by atoms with Crippen LogP contribution in [-0.2, 0) is 11.8 Å². The summed E-state index contributed by atoms with van der Waals surface area (Å²) in [4.78, 5) is 11.5. The lowest BCUT2D eigenvalue weighted by molar-refractivity contribution is -0.114. The number of nitrogen functional groups attached to an aromatic ring is 1. The van der Waals surface area contributed by atoms with Crippen LogP contribution in [0.5, 0.6) is 0 Å². The van der Waals surface area contributed by atoms with Gasteiger partial charge in [0.25, 0.3) is 0 Å². The fourth-order valence-corrected chi connectivity index (χ4v) is 2.50. The third kappa shape index (κ3) is 1.70. The molecule has 1 aromatic carbocycles. The highest BCUT2D eigenvalue weighted by Crippen LogP contribution is 2.31. The maximum atomic E-state index is 11.5. The minimum Gasteiger partial charge on any atom is -0.399 e. The van der Waals surface area contributed by atoms with Gasteiger partial charge in [-0.1, -0.05) is 0 Å². The number of rotatable bonds is 1. The lowest BCUT2D eigenvalue weighted by atomic mass is 9.95. The molecule has 1 aliphatic rings. The molecule has 2 N–H and O–H groups in total. The Balaban J connectivity index is 2.23. The van der Waals surface area contributed by atoms with E-state index in [9.17, 15) is 4.79 Å². The lowest BCUT2D eigenvalue weighted by Crippen LogP contribution is -2.03. The number of carbonyl (C=O) groups excluding carboxylic acids is 1. The number of allylic oxidation sites excluding steroid dienone is 2. The van der Waals surface area contributed by atoms with Gasteiger partial charge in [0.15, 0.2) is 5.78 Å². The van der Waals surface area contributed by atoms with Crippen molar-refractivity contribution >= 4 is 27.9 Å². The minimum atomic E-state index is 0.193. The van der Waals surface area contributed by atoms with Crippen molar-refractivity contribution in [1.29, 1.82) is 0 Å². The summed E-state index contributed by atoms with van der Waals surface area (Å²) in [5.41, 5.74) is 9.52. The number of aryl methyl sites for hydroxylation is 1. The van der Waals surface area contributed by atoms with Gasteiger partial charge in [-0.05, 0) is 42.7 Å². The van der Waals surface area contributed by atoms with Gasteiger partial charge >= 0.3 is 0 Å². The highest BCUT2D eigenvalue weighted by atomic mass is 16.1. The van der Waals surface area contributed by atoms with Crippen LogP contribution in [0, 0.1) is 0 Å². The van der Waals surface area contributed by atoms with E-state index in [-0.39, 0.29) is 5.78 Å². The SMILES string of the molecule is Cn1nc(C2=CC(=O)CCC2)c2cc(N)ccc21. The zero-order valence-electron chi connectivity index (χ0n) is 10.3. The Morgan fingerprint density at radius 3 is 2.94 bits per heavy atom. The van der Waals surface area contributed by atoms with E-state index in [0.717, 1.165) is 40.7 Å². The normalized spacial score (nSPS) is 16.1. The van der Waals surface area contributed by atoms with Crippen LogP contribution in [0.25, 0.3) is 16.5 Å². The van der Waals surface area contributed by atoms with Gasteiger partial charge in [-0.2, -0.15) is 5.10 Å². The van der Waals surface area contributed by atoms with E-state index in [2.05, 4.69) is 5.10 Å². The van der Waals surface area contributed by atoms with Crippen LogP contribution >= 0.6 is 0 Å². The molecular weight excluding hydrogens is 226 g/mol. The van der Waals surface area contributed by atoms with E-state index in [1.807, 2.05) is 29.9 Å². The molecule has 4 heteroatoms. The van der Waals surface area contributed by atoms with Crippen molar-refractivity contribution in [3.05, 3.63) is 30.0 Å². The predicted octanol–water partition coefficient (Wildman–Crippen LogP) is 2.29. The van der Waals surface area contributed by atoms with E-state index in [4.69, 9.17) is 5.73 Å². The average Bonchev–Trinajstić information content (AvgIpc) is 2.66. The number of hydrogen-bond donors (Lipinski definition) is 1. The molecule has 0 amide bonds. The van der Waals surface area contributed by atoms with Crippen LogP contribution in [0.1, 0.15) is 25.0 Å². The van der Waals surface area contributed by atoms with Crippen LogP contribution in [-0.4, -0.2) is 15.6 Å². The van der Waals surface area contributed by atoms with Crippen molar-refractivity contribution in [3.63, 3.8) is 0 Å². The fourth-order valence-electron chi connectivity index (χ4n) is 2.50. The summed E-state index contributed by atoms with van der Waals surface area (Å²) in [6.07, 6.45) is 4.20. The Morgan fingerprint density at radius 1 is 1.33 bits per heavy atom. The first-order valence-electron chi connectivity index (χ1n) is 6.11. The highest BCUT2D eigenvalue weighted by Gasteiger charge is 2.17. The molecule has 0 atom stereocenters. The predicted molar refractivity (Wildman–Crippen MR) is 72.0 cm³/mol. The summed E-state index contributed by atoms with van der Waals surface area (Å²) in [6, 6.07) is 5.76. The van der Waals surface area contributed by atoms with Crippen molar-refractivity contribution in [2.75, 3.05) is 5.73 Å². The van der Waals surface area contributed by atoms with Gasteiger partial charge in [0.1, 0.15) is 0 Å². The molecule has 1 aromatic heterocycles. The number of nitrogens with zero attached hydrogens (tertiary/aromatic N) is 2. The molecule has 0 bridgehead atoms. The van der Waals surface area contributed by atoms with Crippen LogP contribution < -0.4 is 5.73 Å². The molecule has 0 saturated heterocycles. The van der Waals surface area contributed by atoms with Gasteiger partial charge < -0.3 is 5.73 Å². The molecule has 92 valence electrons. The minimum absolute atomic E-state index is 0.193. The number of benzene rings is 1. The number of aromatic nitrogens is 2. The number of nitrogens with two attached hydrogens (primary N) is 1. The van der Waals surface area contributed by atoms with Crippen molar-refractivity contribution in [2.24, 2.45) is 7.05 Å². The third-order valence-corrected chi connectivity index (χ3v) is 3.38. The summed E-state index contributed by atoms with van der Waals surface area (Å²) < 4.78 is 1.84. The zero-order valence-corrected chi connectivity index (χ0v) is 10.3. The number of anilines is 1. The highest BCUT2D eigenvalue weighted by molar-refractivity contribution is 6.02. The maximum absolute atomic E-state index is 11.5. The Kier molecular flexibility index (Phi) is 2.44. The molecule has 0 saturated carbocycles. The van der Waals surface area contributed by atoms with Gasteiger partial charge in [-0.3, -0.25) is 9.48 Å². The second-order valence-corrected chi connectivity index (χ2v) is 4.74. The second kappa shape index (κ2) is 3.98. The molecule has 0 radical (unpaired) electrons. The molecule has 1 heterocycles. The molecule has 0 unspecified atom stereocenters. The van der Waals surface area contributed by atoms with E-state index >= 15 is 0 Å². The Labute approximate surface area is 105 Å². The average molecular weight is 241 g/mol. The van der Waals surface area contributed by atoms with E-state index < -0.39 is 0 Å². The molecule has 4 nitrogen and oxygen atoms in total. The van der Waals surface area contributed by atoms with Crippen molar-refractivity contribution < 1.29 is 4.79 Å². The summed E-state index contributed by atoms with van der Waals surface area (Å²) in [7, 11) is 1.91. The molecule has 18 heavy (non-hydrogen) atoms. The van der Waals surface area contributed by atoms with Crippen LogP contribution in [0.15, 0.2) is 24.3 Å². The summed E-state index contributed by atoms with van der Waals surface area (Å²) >= 11 is 0. The summed E-state index contributed by atoms with van der Waals surface area (Å²) in [5.74, 6) is 0.193. The zero-order chi connectivity index (χ0) is 12.7. The quantitative estimate of drug-likeness (QED) is 0.779. The Hall–Kier alpha value is -2.10. The summed E-state index contributed by atoms with van der Waals surface area (Å²) in [6.45, 7) is 0. The number of carbonyl (C=O) groups is 1. The fraction of sp³-hybridized carbons (Fsp3) is 0.286. The Bertz CT molecular complexity index is 667. The first kappa shape index (κ1) is 11.0. The van der Waals surface area contributed by atoms with Crippen molar-refractivity contribution in [1.82, 2.24) is 9.78 Å². The topological polar surface area (TPSA) is 60.9 Å². The molecular formula is C14H15N3O. The van der Waals surface area contributed by atoms with Gasteiger partial charge in [-0.15, -0.1) is 0 Å². The Morgan fingerprint density at radius 2 is 2.17 bits per heavy atom. The number of ketones is 1. The van der Waals surface area contributed by atoms with Crippen molar-refractivity contribution in [2.45, 2.75) is 19.3 Å². The van der Waals surface area contributed by atoms with Crippen molar-refractivity contribution in [3.8, 4) is 0 Å². The molecule has 2 aromatic rings. The molecule has 0 fully saturated rings. The first-order chi connectivity index (χ1) is 8.65. The largest absolute Gasteiger partial charge is 0.399 e. The standard InChI is InChI=1S/C14H15N3O/c1-17-13-6-5-10(15)8-12(13)14(16-17)9-3-2-4-11(18)7-9/h5-8H,2-4,15H2,1H3. The summed E-state index contributed by atoms with van der Waals surface area (Å²) in [5, 5.41) is 5.56. The lowest BCUT2D eigenvalue weighted by Gasteiger charge is -2.09. The van der Waals surface area contributed by atoms with E-state index in [1.165, 1.54) is 0 Å². The van der Waals surface area contributed by atoms with E-state index in [0.29, 0.717) is 6.42 Å². The van der Waals surface area contributed by atoms with Gasteiger partial charge in [0.2, 0.25) is 0 Å².